The fourth-order valence-corrected chi connectivity index (χ4v) is 8.80. The van der Waals surface area contributed by atoms with Crippen molar-refractivity contribution in [2.75, 3.05) is 19.8 Å². The second kappa shape index (κ2) is 4.96. The minimum Gasteiger partial charge on any atom is -0.370 e. The van der Waals surface area contributed by atoms with Crippen molar-refractivity contribution in [3.05, 3.63) is 23.8 Å². The van der Waals surface area contributed by atoms with Gasteiger partial charge in [-0.05, 0) is 67.9 Å². The van der Waals surface area contributed by atoms with Crippen LogP contribution < -0.4 is 0 Å². The van der Waals surface area contributed by atoms with Gasteiger partial charge >= 0.3 is 0 Å². The predicted molar refractivity (Wildman–Crippen MR) is 104 cm³/mol. The summed E-state index contributed by atoms with van der Waals surface area (Å²) in [6, 6.07) is 0. The first-order valence-corrected chi connectivity index (χ1v) is 11.5. The van der Waals surface area contributed by atoms with Crippen molar-refractivity contribution < 1.29 is 18.9 Å². The molecule has 4 heteroatoms. The van der Waals surface area contributed by atoms with E-state index in [2.05, 4.69) is 19.6 Å². The van der Waals surface area contributed by atoms with Crippen molar-refractivity contribution in [2.24, 2.45) is 17.3 Å². The normalized spacial score (nSPS) is 55.6. The van der Waals surface area contributed by atoms with Gasteiger partial charge in [-0.3, -0.25) is 0 Å². The third-order valence-electron chi connectivity index (χ3n) is 10.1. The molecule has 0 amide bonds. The number of rotatable bonds is 0. The molecule has 3 unspecified atom stereocenters. The largest absolute Gasteiger partial charge is 0.370 e. The van der Waals surface area contributed by atoms with Crippen LogP contribution in [0.25, 0.3) is 0 Å². The molecule has 28 heavy (non-hydrogen) atoms. The van der Waals surface area contributed by atoms with Gasteiger partial charge in [0.15, 0.2) is 5.79 Å². The zero-order valence-electron chi connectivity index (χ0n) is 17.1. The van der Waals surface area contributed by atoms with Crippen molar-refractivity contribution in [3.63, 3.8) is 0 Å². The number of epoxide rings is 1. The van der Waals surface area contributed by atoms with Gasteiger partial charge in [-0.2, -0.15) is 0 Å². The lowest BCUT2D eigenvalue weighted by atomic mass is 9.52. The molecule has 4 nitrogen and oxygen atoms in total. The minimum absolute atomic E-state index is 0.0128. The summed E-state index contributed by atoms with van der Waals surface area (Å²) in [4.78, 5) is 0. The molecule has 3 heterocycles. The van der Waals surface area contributed by atoms with Gasteiger partial charge in [-0.25, -0.2) is 0 Å². The minimum atomic E-state index is -0.358. The standard InChI is InChI=1S/C24H32O4/c1-16-6-12-27-23(16)9-5-18-17-3-8-21-15-22(25-13-14-26-22)10-11-24(21,28-21)19(17)4-7-20(18,23)2/h4,17-18H,1,3,5-15H2,2H3/t17?,18?,20-,21+,23?,24+/m0/s1. The van der Waals surface area contributed by atoms with E-state index in [0.717, 1.165) is 64.8 Å². The summed E-state index contributed by atoms with van der Waals surface area (Å²) in [6.07, 6.45) is 12.5. The van der Waals surface area contributed by atoms with E-state index in [1.54, 1.807) is 5.57 Å². The van der Waals surface area contributed by atoms with Crippen LogP contribution in [0, 0.1) is 17.3 Å². The maximum atomic E-state index is 6.71. The maximum absolute atomic E-state index is 6.71. The number of fused-ring (bicyclic) bond motifs is 4. The monoisotopic (exact) mass is 384 g/mol. The molecule has 6 atom stereocenters. The van der Waals surface area contributed by atoms with Gasteiger partial charge in [0.1, 0.15) is 11.2 Å². The summed E-state index contributed by atoms with van der Waals surface area (Å²) in [5.41, 5.74) is 3.09. The molecular weight excluding hydrogens is 352 g/mol. The van der Waals surface area contributed by atoms with E-state index in [1.807, 2.05) is 0 Å². The number of allylic oxidation sites excluding steroid dienone is 1. The molecule has 0 bridgehead atoms. The second-order valence-corrected chi connectivity index (χ2v) is 10.8. The summed E-state index contributed by atoms with van der Waals surface area (Å²) >= 11 is 0. The Morgan fingerprint density at radius 2 is 1.82 bits per heavy atom. The van der Waals surface area contributed by atoms with Crippen LogP contribution in [-0.4, -0.2) is 42.4 Å². The van der Waals surface area contributed by atoms with Crippen molar-refractivity contribution >= 4 is 0 Å². The van der Waals surface area contributed by atoms with E-state index >= 15 is 0 Å². The molecule has 7 rings (SSSR count). The van der Waals surface area contributed by atoms with Crippen LogP contribution in [0.3, 0.4) is 0 Å². The van der Waals surface area contributed by atoms with E-state index in [9.17, 15) is 0 Å². The second-order valence-electron chi connectivity index (χ2n) is 10.8. The summed E-state index contributed by atoms with van der Waals surface area (Å²) in [5.74, 6) is 1.00. The van der Waals surface area contributed by atoms with Gasteiger partial charge in [-0.1, -0.05) is 19.6 Å². The van der Waals surface area contributed by atoms with Crippen molar-refractivity contribution in [3.8, 4) is 0 Å². The fraction of sp³-hybridized carbons (Fsp3) is 0.833. The number of hydrogen-bond acceptors (Lipinski definition) is 4. The van der Waals surface area contributed by atoms with Crippen LogP contribution in [0.5, 0.6) is 0 Å². The summed E-state index contributed by atoms with van der Waals surface area (Å²) < 4.78 is 25.3. The lowest BCUT2D eigenvalue weighted by molar-refractivity contribution is -0.185. The highest BCUT2D eigenvalue weighted by Crippen LogP contribution is 2.75. The molecule has 152 valence electrons. The first-order chi connectivity index (χ1) is 13.5. The molecule has 2 spiro atoms. The molecule has 0 N–H and O–H groups in total. The highest BCUT2D eigenvalue weighted by Gasteiger charge is 2.79. The Labute approximate surface area is 167 Å². The number of hydrogen-bond donors (Lipinski definition) is 0. The van der Waals surface area contributed by atoms with Crippen LogP contribution in [0.15, 0.2) is 23.8 Å². The smallest absolute Gasteiger partial charge is 0.171 e. The topological polar surface area (TPSA) is 40.2 Å². The van der Waals surface area contributed by atoms with Crippen LogP contribution in [0.2, 0.25) is 0 Å². The molecule has 3 aliphatic heterocycles. The molecule has 3 saturated carbocycles. The maximum Gasteiger partial charge on any atom is 0.171 e. The number of ether oxygens (including phenoxy) is 4. The van der Waals surface area contributed by atoms with Gasteiger partial charge in [-0.15, -0.1) is 0 Å². The Kier molecular flexibility index (Phi) is 3.02. The Morgan fingerprint density at radius 1 is 0.964 bits per heavy atom. The third kappa shape index (κ3) is 1.68. The van der Waals surface area contributed by atoms with Gasteiger partial charge in [0.25, 0.3) is 0 Å². The van der Waals surface area contributed by atoms with E-state index in [-0.39, 0.29) is 28.0 Å². The molecular formula is C24H32O4. The highest BCUT2D eigenvalue weighted by atomic mass is 16.7. The van der Waals surface area contributed by atoms with Crippen LogP contribution >= 0.6 is 0 Å². The molecule has 0 radical (unpaired) electrons. The average molecular weight is 385 g/mol. The lowest BCUT2D eigenvalue weighted by Crippen LogP contribution is -2.54. The molecule has 0 aromatic rings. The summed E-state index contributed by atoms with van der Waals surface area (Å²) in [6.45, 7) is 9.29. The molecule has 6 fully saturated rings. The van der Waals surface area contributed by atoms with Gasteiger partial charge < -0.3 is 18.9 Å². The first kappa shape index (κ1) is 17.0. The van der Waals surface area contributed by atoms with Crippen LogP contribution in [-0.2, 0) is 18.9 Å². The van der Waals surface area contributed by atoms with Crippen molar-refractivity contribution in [1.29, 1.82) is 0 Å². The highest BCUT2D eigenvalue weighted by molar-refractivity contribution is 5.44. The van der Waals surface area contributed by atoms with Gasteiger partial charge in [0, 0.05) is 18.3 Å². The zero-order valence-corrected chi connectivity index (χ0v) is 17.1. The lowest BCUT2D eigenvalue weighted by Gasteiger charge is -2.52. The molecule has 0 aromatic carbocycles. The van der Waals surface area contributed by atoms with Gasteiger partial charge in [0.05, 0.1) is 25.4 Å². The van der Waals surface area contributed by atoms with Crippen molar-refractivity contribution in [2.45, 2.75) is 87.3 Å². The van der Waals surface area contributed by atoms with Crippen molar-refractivity contribution in [1.82, 2.24) is 0 Å². The molecule has 4 aliphatic carbocycles. The van der Waals surface area contributed by atoms with E-state index in [0.29, 0.717) is 11.8 Å². The Balaban J connectivity index is 1.25. The summed E-state index contributed by atoms with van der Waals surface area (Å²) in [5, 5.41) is 0. The van der Waals surface area contributed by atoms with Crippen LogP contribution in [0.1, 0.15) is 64.7 Å². The Morgan fingerprint density at radius 3 is 2.61 bits per heavy atom. The predicted octanol–water partition coefficient (Wildman–Crippen LogP) is 4.29. The van der Waals surface area contributed by atoms with Crippen LogP contribution in [0.4, 0.5) is 0 Å². The Hall–Kier alpha value is -0.680. The average Bonchev–Trinajstić information content (AvgIpc) is 2.95. The van der Waals surface area contributed by atoms with E-state index in [1.165, 1.54) is 18.4 Å². The Bertz CT molecular complexity index is 796. The third-order valence-corrected chi connectivity index (χ3v) is 10.1. The van der Waals surface area contributed by atoms with Gasteiger partial charge in [0.2, 0.25) is 0 Å². The molecule has 0 aromatic heterocycles. The zero-order chi connectivity index (χ0) is 18.8. The molecule has 3 saturated heterocycles. The molecule has 7 aliphatic rings. The fourth-order valence-electron chi connectivity index (χ4n) is 8.80. The quantitative estimate of drug-likeness (QED) is 0.461. The first-order valence-electron chi connectivity index (χ1n) is 11.5. The van der Waals surface area contributed by atoms with E-state index in [4.69, 9.17) is 18.9 Å². The van der Waals surface area contributed by atoms with E-state index < -0.39 is 0 Å². The SMILES string of the molecule is C=C1CCOC12CCC1C3CC[C@@]45CC6(CC[C@@]4(O5)C3=CC[C@@]12C)OCCO6. The summed E-state index contributed by atoms with van der Waals surface area (Å²) in [7, 11) is 0.